The molecule has 3 aromatic carbocycles. The van der Waals surface area contributed by atoms with Crippen LogP contribution in [0.2, 0.25) is 5.02 Å². The van der Waals surface area contributed by atoms with Crippen molar-refractivity contribution >= 4 is 50.8 Å². The van der Waals surface area contributed by atoms with E-state index in [4.69, 9.17) is 16.3 Å². The Kier molecular flexibility index (Phi) is 6.60. The van der Waals surface area contributed by atoms with E-state index >= 15 is 0 Å². The van der Waals surface area contributed by atoms with Gasteiger partial charge in [-0.1, -0.05) is 35.9 Å². The quantitative estimate of drug-likeness (QED) is 0.341. The fourth-order valence-corrected chi connectivity index (χ4v) is 6.12. The molecule has 192 valence electrons. The van der Waals surface area contributed by atoms with Crippen LogP contribution in [0.25, 0.3) is 0 Å². The van der Waals surface area contributed by atoms with Gasteiger partial charge in [0, 0.05) is 17.2 Å². The summed E-state index contributed by atoms with van der Waals surface area (Å²) in [6, 6.07) is 16.6. The van der Waals surface area contributed by atoms with E-state index < -0.39 is 33.5 Å². The molecule has 0 aromatic heterocycles. The Morgan fingerprint density at radius 1 is 0.842 bits per heavy atom. The molecule has 0 saturated heterocycles. The molecule has 0 unspecified atom stereocenters. The zero-order valence-electron chi connectivity index (χ0n) is 19.7. The minimum atomic E-state index is -4.12. The number of esters is 1. The maximum Gasteiger partial charge on any atom is 0.338 e. The van der Waals surface area contributed by atoms with Crippen LogP contribution in [0.4, 0.5) is 5.69 Å². The number of hydrogen-bond donors (Lipinski definition) is 0. The summed E-state index contributed by atoms with van der Waals surface area (Å²) in [6.07, 6.45) is 2.25. The van der Waals surface area contributed by atoms with Crippen LogP contribution in [0.5, 0.6) is 0 Å². The zero-order chi connectivity index (χ0) is 27.0. The number of ether oxygens (including phenoxy) is 1. The topological polar surface area (TPSA) is 118 Å². The molecule has 2 aliphatic heterocycles. The second kappa shape index (κ2) is 9.88. The molecule has 3 aromatic rings. The summed E-state index contributed by atoms with van der Waals surface area (Å²) < 4.78 is 32.4. The molecule has 2 heterocycles. The van der Waals surface area contributed by atoms with Crippen LogP contribution in [0.15, 0.2) is 88.7 Å². The highest BCUT2D eigenvalue weighted by molar-refractivity contribution is 7.91. The first-order chi connectivity index (χ1) is 18.2. The Labute approximate surface area is 222 Å². The third-order valence-electron chi connectivity index (χ3n) is 6.11. The maximum atomic E-state index is 13.7. The van der Waals surface area contributed by atoms with Crippen molar-refractivity contribution in [1.82, 2.24) is 4.90 Å². The number of imide groups is 1. The van der Waals surface area contributed by atoms with Crippen molar-refractivity contribution in [2.45, 2.75) is 16.3 Å². The van der Waals surface area contributed by atoms with E-state index in [0.717, 1.165) is 17.1 Å². The Balaban J connectivity index is 1.51. The van der Waals surface area contributed by atoms with E-state index in [1.165, 1.54) is 41.3 Å². The normalized spacial score (nSPS) is 15.8. The number of carbonyl (C=O) groups excluding carboxylic acids is 4. The van der Waals surface area contributed by atoms with E-state index in [1.54, 1.807) is 30.3 Å². The van der Waals surface area contributed by atoms with Crippen LogP contribution in [-0.2, 0) is 30.7 Å². The largest absolute Gasteiger partial charge is 0.460 e. The summed E-state index contributed by atoms with van der Waals surface area (Å²) in [4.78, 5) is 51.8. The van der Waals surface area contributed by atoms with Crippen molar-refractivity contribution < 1.29 is 32.3 Å². The maximum absolute atomic E-state index is 13.7. The van der Waals surface area contributed by atoms with Crippen LogP contribution in [0.1, 0.15) is 26.3 Å². The predicted octanol–water partition coefficient (Wildman–Crippen LogP) is 3.42. The van der Waals surface area contributed by atoms with Crippen molar-refractivity contribution in [3.8, 4) is 0 Å². The van der Waals surface area contributed by atoms with Crippen LogP contribution >= 0.6 is 11.6 Å². The molecule has 3 amide bonds. The number of anilines is 1. The molecule has 0 fully saturated rings. The molecular weight excluding hydrogens is 532 g/mol. The van der Waals surface area contributed by atoms with Gasteiger partial charge in [0.15, 0.2) is 0 Å². The lowest BCUT2D eigenvalue weighted by atomic mass is 10.1. The Morgan fingerprint density at radius 3 is 2.32 bits per heavy atom. The SMILES string of the molecule is O=C(OCCN1C(=O)C=CC1=O)c1ccc2c(c1)N(Cc1cccc(Cl)c1)C(=O)c1ccccc1S2(=O)=O. The molecule has 2 aliphatic rings. The highest BCUT2D eigenvalue weighted by Gasteiger charge is 2.36. The third kappa shape index (κ3) is 4.59. The van der Waals surface area contributed by atoms with E-state index in [9.17, 15) is 27.6 Å². The summed E-state index contributed by atoms with van der Waals surface area (Å²) in [5, 5.41) is 0.445. The number of benzene rings is 3. The molecule has 0 spiro atoms. The number of sulfone groups is 1. The van der Waals surface area contributed by atoms with Gasteiger partial charge in [0.05, 0.1) is 39.7 Å². The molecule has 0 atom stereocenters. The summed E-state index contributed by atoms with van der Waals surface area (Å²) in [6.45, 7) is -0.407. The van der Waals surface area contributed by atoms with Gasteiger partial charge in [-0.25, -0.2) is 13.2 Å². The summed E-state index contributed by atoms with van der Waals surface area (Å²) in [7, 11) is -4.12. The summed E-state index contributed by atoms with van der Waals surface area (Å²) >= 11 is 6.13. The van der Waals surface area contributed by atoms with Gasteiger partial charge in [-0.05, 0) is 48.0 Å². The first kappa shape index (κ1) is 25.4. The number of hydrogen-bond acceptors (Lipinski definition) is 7. The molecule has 9 nitrogen and oxygen atoms in total. The molecule has 38 heavy (non-hydrogen) atoms. The molecule has 11 heteroatoms. The fourth-order valence-electron chi connectivity index (χ4n) is 4.27. The first-order valence-corrected chi connectivity index (χ1v) is 13.3. The van der Waals surface area contributed by atoms with Gasteiger partial charge in [0.25, 0.3) is 17.7 Å². The van der Waals surface area contributed by atoms with Gasteiger partial charge in [-0.2, -0.15) is 0 Å². The number of carbonyl (C=O) groups is 4. The van der Waals surface area contributed by atoms with Crippen molar-refractivity contribution in [3.05, 3.63) is 101 Å². The van der Waals surface area contributed by atoms with Gasteiger partial charge in [-0.15, -0.1) is 0 Å². The van der Waals surface area contributed by atoms with Crippen molar-refractivity contribution in [2.24, 2.45) is 0 Å². The second-order valence-corrected chi connectivity index (χ2v) is 10.8. The average Bonchev–Trinajstić information content (AvgIpc) is 3.20. The monoisotopic (exact) mass is 550 g/mol. The van der Waals surface area contributed by atoms with E-state index in [1.807, 2.05) is 0 Å². The first-order valence-electron chi connectivity index (χ1n) is 11.4. The Hall–Kier alpha value is -4.28. The van der Waals surface area contributed by atoms with Gasteiger partial charge in [0.2, 0.25) is 9.84 Å². The molecule has 0 radical (unpaired) electrons. The lowest BCUT2D eigenvalue weighted by molar-refractivity contribution is -0.137. The smallest absolute Gasteiger partial charge is 0.338 e. The predicted molar refractivity (Wildman–Crippen MR) is 136 cm³/mol. The van der Waals surface area contributed by atoms with Crippen LogP contribution in [0, 0.1) is 0 Å². The summed E-state index contributed by atoms with van der Waals surface area (Å²) in [5.41, 5.74) is 0.652. The molecule has 5 rings (SSSR count). The lowest BCUT2D eigenvalue weighted by Gasteiger charge is -2.23. The molecule has 0 N–H and O–H groups in total. The highest BCUT2D eigenvalue weighted by atomic mass is 35.5. The van der Waals surface area contributed by atoms with Gasteiger partial charge in [-0.3, -0.25) is 19.3 Å². The van der Waals surface area contributed by atoms with Gasteiger partial charge >= 0.3 is 5.97 Å². The van der Waals surface area contributed by atoms with Crippen LogP contribution in [-0.4, -0.2) is 50.2 Å². The highest BCUT2D eigenvalue weighted by Crippen LogP contribution is 2.38. The molecule has 0 saturated carbocycles. The zero-order valence-corrected chi connectivity index (χ0v) is 21.2. The number of halogens is 1. The van der Waals surface area contributed by atoms with E-state index in [2.05, 4.69) is 0 Å². The second-order valence-electron chi connectivity index (χ2n) is 8.50. The minimum Gasteiger partial charge on any atom is -0.460 e. The van der Waals surface area contributed by atoms with Crippen LogP contribution in [0.3, 0.4) is 0 Å². The third-order valence-corrected chi connectivity index (χ3v) is 8.20. The standard InChI is InChI=1S/C27H19ClN2O7S/c28-19-5-3-4-17(14-19)16-30-21-15-18(27(34)37-13-12-29-24(31)10-11-25(29)32)8-9-23(21)38(35,36)22-7-2-1-6-20(22)26(30)33/h1-11,14-15H,12-13,16H2. The molecule has 0 bridgehead atoms. The van der Waals surface area contributed by atoms with Crippen molar-refractivity contribution in [1.29, 1.82) is 0 Å². The number of amides is 3. The fraction of sp³-hybridized carbons (Fsp3) is 0.111. The molecule has 0 aliphatic carbocycles. The Bertz CT molecular complexity index is 1630. The van der Waals surface area contributed by atoms with Gasteiger partial charge in [0.1, 0.15) is 6.61 Å². The Morgan fingerprint density at radius 2 is 1.58 bits per heavy atom. The number of nitrogens with zero attached hydrogens (tertiary/aromatic N) is 2. The number of fused-ring (bicyclic) bond motifs is 2. The van der Waals surface area contributed by atoms with E-state index in [-0.39, 0.29) is 46.3 Å². The van der Waals surface area contributed by atoms with Crippen LogP contribution < -0.4 is 4.90 Å². The molecular formula is C27H19ClN2O7S. The summed E-state index contributed by atoms with van der Waals surface area (Å²) in [5.74, 6) is -2.38. The number of rotatable bonds is 6. The minimum absolute atomic E-state index is 0.00316. The van der Waals surface area contributed by atoms with Gasteiger partial charge < -0.3 is 9.64 Å². The van der Waals surface area contributed by atoms with E-state index in [0.29, 0.717) is 10.6 Å². The lowest BCUT2D eigenvalue weighted by Crippen LogP contribution is -2.33. The average molecular weight is 551 g/mol. The van der Waals surface area contributed by atoms with Crippen molar-refractivity contribution in [3.63, 3.8) is 0 Å². The van der Waals surface area contributed by atoms with Crippen molar-refractivity contribution in [2.75, 3.05) is 18.1 Å².